The van der Waals surface area contributed by atoms with Crippen molar-refractivity contribution in [3.05, 3.63) is 36.3 Å². The predicted octanol–water partition coefficient (Wildman–Crippen LogP) is 0.733. The first-order valence-corrected chi connectivity index (χ1v) is 9.32. The van der Waals surface area contributed by atoms with E-state index in [-0.39, 0.29) is 17.5 Å². The van der Waals surface area contributed by atoms with E-state index in [1.807, 2.05) is 0 Å². The molecule has 3 heterocycles. The van der Waals surface area contributed by atoms with Crippen molar-refractivity contribution in [1.29, 1.82) is 0 Å². The molecular weight excluding hydrogens is 374 g/mol. The van der Waals surface area contributed by atoms with Gasteiger partial charge in [0.1, 0.15) is 11.9 Å². The van der Waals surface area contributed by atoms with E-state index in [2.05, 4.69) is 32.1 Å². The van der Waals surface area contributed by atoms with Crippen molar-refractivity contribution in [3.63, 3.8) is 0 Å². The van der Waals surface area contributed by atoms with Gasteiger partial charge >= 0.3 is 0 Å². The smallest absolute Gasteiger partial charge is 0.209 e. The van der Waals surface area contributed by atoms with Gasteiger partial charge in [-0.25, -0.2) is 15.0 Å². The first kappa shape index (κ1) is 17.8. The van der Waals surface area contributed by atoms with Crippen molar-refractivity contribution in [2.24, 2.45) is 11.3 Å². The minimum absolute atomic E-state index is 0.100. The summed E-state index contributed by atoms with van der Waals surface area (Å²) >= 11 is 0. The largest absolute Gasteiger partial charge is 0.456 e. The zero-order chi connectivity index (χ0) is 20.3. The monoisotopic (exact) mass is 393 g/mol. The maximum absolute atomic E-state index is 12.1. The number of aliphatic hydroxyl groups is 2. The molecule has 2 fully saturated rings. The van der Waals surface area contributed by atoms with Crippen molar-refractivity contribution in [1.82, 2.24) is 19.5 Å². The topological polar surface area (TPSA) is 126 Å². The third-order valence-electron chi connectivity index (χ3n) is 6.13. The molecule has 3 aromatic heterocycles. The summed E-state index contributed by atoms with van der Waals surface area (Å²) in [5.74, 6) is 6.73. The van der Waals surface area contributed by atoms with Crippen molar-refractivity contribution in [3.8, 4) is 11.8 Å². The van der Waals surface area contributed by atoms with Crippen molar-refractivity contribution >= 4 is 22.8 Å². The molecule has 5 rings (SSSR count). The van der Waals surface area contributed by atoms with Crippen LogP contribution in [0.2, 0.25) is 0 Å². The Morgan fingerprint density at radius 1 is 1.38 bits per heavy atom. The molecule has 29 heavy (non-hydrogen) atoms. The number of hydrogen-bond donors (Lipinski definition) is 3. The fraction of sp³-hybridized carbons (Fsp3) is 0.400. The second-order valence-electron chi connectivity index (χ2n) is 7.53. The van der Waals surface area contributed by atoms with Crippen molar-refractivity contribution in [2.75, 3.05) is 12.4 Å². The molecule has 2 aliphatic carbocycles. The van der Waals surface area contributed by atoms with Gasteiger partial charge in [0.2, 0.25) is 5.82 Å². The van der Waals surface area contributed by atoms with Gasteiger partial charge in [-0.15, -0.1) is 0 Å². The van der Waals surface area contributed by atoms with Crippen LogP contribution in [0.4, 0.5) is 5.82 Å². The number of fused-ring (bicyclic) bond motifs is 2. The molecule has 5 atom stereocenters. The average molecular weight is 393 g/mol. The van der Waals surface area contributed by atoms with Crippen LogP contribution in [-0.4, -0.2) is 54.8 Å². The molecule has 0 saturated heterocycles. The summed E-state index contributed by atoms with van der Waals surface area (Å²) in [6, 6.07) is 2.98. The van der Waals surface area contributed by atoms with Gasteiger partial charge in [0, 0.05) is 7.05 Å². The van der Waals surface area contributed by atoms with Gasteiger partial charge in [0.05, 0.1) is 30.2 Å². The minimum atomic E-state index is -1.10. The zero-order valence-corrected chi connectivity index (χ0v) is 15.8. The van der Waals surface area contributed by atoms with Crippen LogP contribution in [0.25, 0.3) is 11.2 Å². The van der Waals surface area contributed by atoms with Gasteiger partial charge in [-0.3, -0.25) is 4.79 Å². The third-order valence-corrected chi connectivity index (χ3v) is 6.13. The summed E-state index contributed by atoms with van der Waals surface area (Å²) in [5.41, 5.74) is 0.135. The Balaban J connectivity index is 1.61. The lowest BCUT2D eigenvalue weighted by atomic mass is 9.95. The van der Waals surface area contributed by atoms with Crippen molar-refractivity contribution < 1.29 is 19.4 Å². The number of Topliss-reactive ketones (excluding diaryl/α,β-unsaturated/α-hetero) is 1. The molecule has 0 amide bonds. The summed E-state index contributed by atoms with van der Waals surface area (Å²) in [4.78, 5) is 25.4. The summed E-state index contributed by atoms with van der Waals surface area (Å²) in [5, 5.41) is 24.2. The second kappa shape index (κ2) is 6.14. The molecule has 2 saturated carbocycles. The molecule has 3 aromatic rings. The lowest BCUT2D eigenvalue weighted by Crippen LogP contribution is -2.36. The normalized spacial score (nSPS) is 29.9. The number of nitrogens with zero attached hydrogens (tertiary/aromatic N) is 4. The number of furan rings is 1. The van der Waals surface area contributed by atoms with Crippen LogP contribution in [0, 0.1) is 23.2 Å². The van der Waals surface area contributed by atoms with Gasteiger partial charge < -0.3 is 24.5 Å². The maximum Gasteiger partial charge on any atom is 0.209 e. The number of aromatic nitrogens is 4. The molecular formula is C20H19N5O4. The van der Waals surface area contributed by atoms with E-state index < -0.39 is 23.7 Å². The zero-order valence-electron chi connectivity index (χ0n) is 15.8. The molecule has 9 nitrogen and oxygen atoms in total. The third kappa shape index (κ3) is 2.43. The standard InChI is InChI=1S/C20H19N5O4/c1-10(26)20-8-12(20)15(16(27)17(20)28)25-9-22-14-18(21-2)23-13(24-19(14)25)6-5-11-4-3-7-29-11/h3-4,7,9,12,15-17,27-28H,8H2,1-2H3,(H,21,23,24)/t12?,15-,16+,17?,20-/m1/s1. The number of imidazole rings is 1. The lowest BCUT2D eigenvalue weighted by molar-refractivity contribution is -0.128. The summed E-state index contributed by atoms with van der Waals surface area (Å²) in [6.07, 6.45) is 1.46. The van der Waals surface area contributed by atoms with Crippen LogP contribution in [0.5, 0.6) is 0 Å². The highest BCUT2D eigenvalue weighted by Crippen LogP contribution is 2.68. The first-order valence-electron chi connectivity index (χ1n) is 9.32. The fourth-order valence-corrected chi connectivity index (χ4v) is 4.60. The maximum atomic E-state index is 12.1. The molecule has 148 valence electrons. The van der Waals surface area contributed by atoms with E-state index in [4.69, 9.17) is 4.42 Å². The van der Waals surface area contributed by atoms with Crippen LogP contribution < -0.4 is 5.32 Å². The quantitative estimate of drug-likeness (QED) is 0.556. The molecule has 0 aliphatic heterocycles. The van der Waals surface area contributed by atoms with E-state index in [0.29, 0.717) is 29.2 Å². The van der Waals surface area contributed by atoms with E-state index in [1.165, 1.54) is 13.2 Å². The summed E-state index contributed by atoms with van der Waals surface area (Å²) in [7, 11) is 1.72. The molecule has 0 bridgehead atoms. The number of nitrogens with one attached hydrogen (secondary N) is 1. The number of ketones is 1. The Bertz CT molecular complexity index is 1170. The second-order valence-corrected chi connectivity index (χ2v) is 7.53. The van der Waals surface area contributed by atoms with Crippen LogP contribution in [0.1, 0.15) is 31.0 Å². The number of carbonyl (C=O) groups excluding carboxylic acids is 1. The minimum Gasteiger partial charge on any atom is -0.456 e. The molecule has 0 spiro atoms. The van der Waals surface area contributed by atoms with Gasteiger partial charge in [-0.2, -0.15) is 0 Å². The Kier molecular flexibility index (Phi) is 3.78. The highest BCUT2D eigenvalue weighted by Gasteiger charge is 2.74. The summed E-state index contributed by atoms with van der Waals surface area (Å²) < 4.78 is 6.94. The van der Waals surface area contributed by atoms with Crippen LogP contribution in [-0.2, 0) is 4.79 Å². The Labute approximate surface area is 165 Å². The number of anilines is 1. The molecule has 0 radical (unpaired) electrons. The van der Waals surface area contributed by atoms with Crippen molar-refractivity contribution in [2.45, 2.75) is 31.6 Å². The van der Waals surface area contributed by atoms with Crippen LogP contribution in [0.3, 0.4) is 0 Å². The highest BCUT2D eigenvalue weighted by atomic mass is 16.3. The number of hydrogen-bond acceptors (Lipinski definition) is 8. The van der Waals surface area contributed by atoms with E-state index in [9.17, 15) is 15.0 Å². The Hall–Kier alpha value is -3.22. The Morgan fingerprint density at radius 2 is 2.21 bits per heavy atom. The molecule has 0 aromatic carbocycles. The van der Waals surface area contributed by atoms with Gasteiger partial charge in [-0.1, -0.05) is 0 Å². The van der Waals surface area contributed by atoms with E-state index in [0.717, 1.165) is 0 Å². The Morgan fingerprint density at radius 3 is 2.86 bits per heavy atom. The summed E-state index contributed by atoms with van der Waals surface area (Å²) in [6.45, 7) is 1.47. The highest BCUT2D eigenvalue weighted by molar-refractivity contribution is 5.88. The average Bonchev–Trinajstić information content (AvgIpc) is 3.00. The molecule has 9 heteroatoms. The number of carbonyl (C=O) groups is 1. The number of rotatable bonds is 3. The van der Waals surface area contributed by atoms with Gasteiger partial charge in [0.15, 0.2) is 22.7 Å². The SMILES string of the molecule is CNc1nc(C#Cc2ccco2)nc2c1ncn2[C@@H]1C2C[C@]2(C(C)=O)C(O)[C@H]1O. The van der Waals surface area contributed by atoms with Gasteiger partial charge in [0.25, 0.3) is 0 Å². The predicted molar refractivity (Wildman–Crippen MR) is 102 cm³/mol. The van der Waals surface area contributed by atoms with Crippen LogP contribution >= 0.6 is 0 Å². The number of aliphatic hydroxyl groups excluding tert-OH is 2. The fourth-order valence-electron chi connectivity index (χ4n) is 4.60. The van der Waals surface area contributed by atoms with E-state index in [1.54, 1.807) is 30.1 Å². The molecule has 2 aliphatic rings. The van der Waals surface area contributed by atoms with Crippen LogP contribution in [0.15, 0.2) is 29.1 Å². The first-order chi connectivity index (χ1) is 14.0. The molecule has 2 unspecified atom stereocenters. The van der Waals surface area contributed by atoms with E-state index >= 15 is 0 Å². The lowest BCUT2D eigenvalue weighted by Gasteiger charge is -2.23. The molecule has 3 N–H and O–H groups in total. The van der Waals surface area contributed by atoms with Gasteiger partial charge in [-0.05, 0) is 43.2 Å².